The lowest BCUT2D eigenvalue weighted by Gasteiger charge is -2.34. The summed E-state index contributed by atoms with van der Waals surface area (Å²) in [4.78, 5) is 25.6. The molecule has 0 atom stereocenters. The molecule has 0 amide bonds. The first-order valence-corrected chi connectivity index (χ1v) is 10.2. The molecule has 0 spiro atoms. The van der Waals surface area contributed by atoms with Crippen molar-refractivity contribution in [3.63, 3.8) is 0 Å². The van der Waals surface area contributed by atoms with Crippen LogP contribution >= 0.6 is 0 Å². The number of nitrogens with one attached hydrogen (secondary N) is 1. The van der Waals surface area contributed by atoms with Gasteiger partial charge < -0.3 is 4.98 Å². The molecule has 2 aromatic carbocycles. The Morgan fingerprint density at radius 2 is 1.59 bits per heavy atom. The second-order valence-corrected chi connectivity index (χ2v) is 7.74. The molecule has 0 saturated carbocycles. The van der Waals surface area contributed by atoms with Crippen molar-refractivity contribution >= 4 is 21.9 Å². The van der Waals surface area contributed by atoms with Crippen molar-refractivity contribution in [3.8, 4) is 0 Å². The number of H-pyrrole nitrogens is 1. The topological polar surface area (TPSA) is 57.2 Å². The Bertz CT molecular complexity index is 1170. The van der Waals surface area contributed by atoms with Crippen molar-refractivity contribution in [2.75, 3.05) is 32.7 Å². The average Bonchev–Trinajstić information content (AvgIpc) is 3.15. The van der Waals surface area contributed by atoms with Gasteiger partial charge in [0.25, 0.3) is 5.56 Å². The molecule has 0 unspecified atom stereocenters. The minimum Gasteiger partial charge on any atom is -0.349 e. The van der Waals surface area contributed by atoms with Gasteiger partial charge in [-0.25, -0.2) is 4.98 Å². The fourth-order valence-electron chi connectivity index (χ4n) is 4.16. The molecule has 1 saturated heterocycles. The van der Waals surface area contributed by atoms with Crippen molar-refractivity contribution in [2.45, 2.75) is 13.1 Å². The molecular formula is C23H25N5O. The van der Waals surface area contributed by atoms with E-state index < -0.39 is 0 Å². The Kier molecular flexibility index (Phi) is 4.87. The first-order chi connectivity index (χ1) is 14.3. The molecule has 1 N–H and O–H groups in total. The van der Waals surface area contributed by atoms with Crippen LogP contribution in [-0.4, -0.2) is 57.1 Å². The summed E-state index contributed by atoms with van der Waals surface area (Å²) >= 11 is 0. The quantitative estimate of drug-likeness (QED) is 0.572. The van der Waals surface area contributed by atoms with Crippen LogP contribution in [0.1, 0.15) is 5.56 Å². The number of benzene rings is 2. The largest absolute Gasteiger partial charge is 0.349 e. The summed E-state index contributed by atoms with van der Waals surface area (Å²) in [5.41, 5.74) is 3.69. The highest BCUT2D eigenvalue weighted by Crippen LogP contribution is 2.20. The standard InChI is InChI=1S/C23H25N5O/c29-23-22-21(19-8-4-5-9-20(19)25-22)24-17-28(23)15-14-26-10-12-27(13-11-26)16-18-6-2-1-3-7-18/h1-9,17,25H,10-16H2. The van der Waals surface area contributed by atoms with Gasteiger partial charge in [-0.2, -0.15) is 0 Å². The molecule has 4 aromatic rings. The number of fused-ring (bicyclic) bond motifs is 3. The number of aromatic nitrogens is 3. The van der Waals surface area contributed by atoms with Crippen LogP contribution in [0.2, 0.25) is 0 Å². The monoisotopic (exact) mass is 387 g/mol. The van der Waals surface area contributed by atoms with E-state index in [0.717, 1.165) is 55.7 Å². The molecule has 6 nitrogen and oxygen atoms in total. The number of hydrogen-bond donors (Lipinski definition) is 1. The van der Waals surface area contributed by atoms with E-state index in [1.807, 2.05) is 24.3 Å². The number of hydrogen-bond acceptors (Lipinski definition) is 4. The van der Waals surface area contributed by atoms with Crippen LogP contribution in [0.15, 0.2) is 65.7 Å². The zero-order valence-electron chi connectivity index (χ0n) is 16.4. The Morgan fingerprint density at radius 3 is 2.41 bits per heavy atom. The van der Waals surface area contributed by atoms with E-state index in [2.05, 4.69) is 50.1 Å². The number of nitrogens with zero attached hydrogens (tertiary/aromatic N) is 4. The van der Waals surface area contributed by atoms with Gasteiger partial charge in [-0.05, 0) is 11.6 Å². The van der Waals surface area contributed by atoms with Crippen molar-refractivity contribution < 1.29 is 0 Å². The van der Waals surface area contributed by atoms with Gasteiger partial charge in [-0.1, -0.05) is 48.5 Å². The van der Waals surface area contributed by atoms with Gasteiger partial charge in [-0.3, -0.25) is 19.2 Å². The number of aromatic amines is 1. The van der Waals surface area contributed by atoms with Crippen LogP contribution in [0.3, 0.4) is 0 Å². The molecular weight excluding hydrogens is 362 g/mol. The molecule has 0 aliphatic carbocycles. The SMILES string of the molecule is O=c1c2[nH]c3ccccc3c2ncn1CCN1CCN(Cc2ccccc2)CC1. The Hall–Kier alpha value is -2.96. The van der Waals surface area contributed by atoms with Gasteiger partial charge in [0, 0.05) is 56.7 Å². The van der Waals surface area contributed by atoms with E-state index in [-0.39, 0.29) is 5.56 Å². The predicted octanol–water partition coefficient (Wildman–Crippen LogP) is 2.70. The zero-order chi connectivity index (χ0) is 19.6. The van der Waals surface area contributed by atoms with Crippen molar-refractivity contribution in [3.05, 3.63) is 76.8 Å². The summed E-state index contributed by atoms with van der Waals surface area (Å²) in [5.74, 6) is 0. The summed E-state index contributed by atoms with van der Waals surface area (Å²) in [7, 11) is 0. The predicted molar refractivity (Wildman–Crippen MR) is 116 cm³/mol. The van der Waals surface area contributed by atoms with Crippen LogP contribution in [0.5, 0.6) is 0 Å². The molecule has 0 radical (unpaired) electrons. The normalized spacial score (nSPS) is 16.0. The van der Waals surface area contributed by atoms with E-state index >= 15 is 0 Å². The van der Waals surface area contributed by atoms with Crippen molar-refractivity contribution in [2.24, 2.45) is 0 Å². The molecule has 6 heteroatoms. The first-order valence-electron chi connectivity index (χ1n) is 10.2. The van der Waals surface area contributed by atoms with E-state index in [1.165, 1.54) is 5.56 Å². The van der Waals surface area contributed by atoms with Gasteiger partial charge in [-0.15, -0.1) is 0 Å². The number of piperazine rings is 1. The molecule has 1 aliphatic heterocycles. The van der Waals surface area contributed by atoms with E-state index in [1.54, 1.807) is 10.9 Å². The molecule has 1 aliphatic rings. The highest BCUT2D eigenvalue weighted by atomic mass is 16.1. The summed E-state index contributed by atoms with van der Waals surface area (Å²) in [6.45, 7) is 6.72. The second kappa shape index (κ2) is 7.81. The van der Waals surface area contributed by atoms with Crippen molar-refractivity contribution in [1.82, 2.24) is 24.3 Å². The van der Waals surface area contributed by atoms with Gasteiger partial charge >= 0.3 is 0 Å². The van der Waals surface area contributed by atoms with Crippen LogP contribution < -0.4 is 5.56 Å². The van der Waals surface area contributed by atoms with Gasteiger partial charge in [0.2, 0.25) is 0 Å². The minimum absolute atomic E-state index is 0.00825. The lowest BCUT2D eigenvalue weighted by Crippen LogP contribution is -2.47. The third-order valence-electron chi connectivity index (χ3n) is 5.85. The highest BCUT2D eigenvalue weighted by Gasteiger charge is 2.17. The average molecular weight is 387 g/mol. The maximum Gasteiger partial charge on any atom is 0.277 e. The van der Waals surface area contributed by atoms with E-state index in [0.29, 0.717) is 12.1 Å². The lowest BCUT2D eigenvalue weighted by atomic mass is 10.2. The third-order valence-corrected chi connectivity index (χ3v) is 5.85. The van der Waals surface area contributed by atoms with Gasteiger partial charge in [0.1, 0.15) is 11.0 Å². The smallest absolute Gasteiger partial charge is 0.277 e. The number of para-hydroxylation sites is 1. The fourth-order valence-corrected chi connectivity index (χ4v) is 4.16. The summed E-state index contributed by atoms with van der Waals surface area (Å²) in [6.07, 6.45) is 1.69. The van der Waals surface area contributed by atoms with Crippen LogP contribution in [0.25, 0.3) is 21.9 Å². The summed E-state index contributed by atoms with van der Waals surface area (Å²) in [5, 5.41) is 1.00. The van der Waals surface area contributed by atoms with Gasteiger partial charge in [0.05, 0.1) is 6.33 Å². The summed E-state index contributed by atoms with van der Waals surface area (Å²) < 4.78 is 1.73. The molecule has 148 valence electrons. The fraction of sp³-hybridized carbons (Fsp3) is 0.304. The third kappa shape index (κ3) is 3.69. The Labute approximate surface area is 169 Å². The minimum atomic E-state index is 0.00825. The summed E-state index contributed by atoms with van der Waals surface area (Å²) in [6, 6.07) is 18.6. The maximum absolute atomic E-state index is 12.9. The first kappa shape index (κ1) is 18.1. The van der Waals surface area contributed by atoms with E-state index in [4.69, 9.17) is 0 Å². The molecule has 0 bridgehead atoms. The maximum atomic E-state index is 12.9. The molecule has 5 rings (SSSR count). The lowest BCUT2D eigenvalue weighted by molar-refractivity contribution is 0.124. The second-order valence-electron chi connectivity index (χ2n) is 7.74. The van der Waals surface area contributed by atoms with E-state index in [9.17, 15) is 4.79 Å². The van der Waals surface area contributed by atoms with Crippen LogP contribution in [0, 0.1) is 0 Å². The molecule has 2 aromatic heterocycles. The van der Waals surface area contributed by atoms with Gasteiger partial charge in [0.15, 0.2) is 0 Å². The Morgan fingerprint density at radius 1 is 0.862 bits per heavy atom. The molecule has 1 fully saturated rings. The van der Waals surface area contributed by atoms with Crippen molar-refractivity contribution in [1.29, 1.82) is 0 Å². The molecule has 29 heavy (non-hydrogen) atoms. The van der Waals surface area contributed by atoms with Crippen LogP contribution in [0.4, 0.5) is 0 Å². The highest BCUT2D eigenvalue weighted by molar-refractivity contribution is 6.04. The molecule has 3 heterocycles. The Balaban J connectivity index is 1.22. The van der Waals surface area contributed by atoms with Crippen LogP contribution in [-0.2, 0) is 13.1 Å². The zero-order valence-corrected chi connectivity index (χ0v) is 16.4. The number of rotatable bonds is 5.